The number of amides is 2. The van der Waals surface area contributed by atoms with Gasteiger partial charge in [0.2, 0.25) is 11.8 Å². The molecule has 32 heavy (non-hydrogen) atoms. The van der Waals surface area contributed by atoms with Gasteiger partial charge in [-0.3, -0.25) is 9.59 Å². The molecule has 174 valence electrons. The molecule has 0 unspecified atom stereocenters. The zero-order valence-electron chi connectivity index (χ0n) is 20.2. The van der Waals surface area contributed by atoms with Gasteiger partial charge in [0.25, 0.3) is 0 Å². The average Bonchev–Trinajstić information content (AvgIpc) is 2.76. The summed E-state index contributed by atoms with van der Waals surface area (Å²) in [7, 11) is 0. The molecule has 0 radical (unpaired) electrons. The minimum absolute atomic E-state index is 0.0355. The van der Waals surface area contributed by atoms with Gasteiger partial charge >= 0.3 is 0 Å². The molecule has 2 amide bonds. The van der Waals surface area contributed by atoms with Crippen molar-refractivity contribution >= 4 is 23.4 Å². The standard InChI is InChI=1S/C27H37ClN2O2/c1-7-19(2)29-26(32)20(3)30(18-22-10-15-24(28)16-11-22)25(31)17-12-21-8-13-23(14-9-21)27(4,5)6/h8-11,13-16,19-20H,7,12,17-18H2,1-6H3,(H,29,32)/t19-,20-/m1/s1. The van der Waals surface area contributed by atoms with Gasteiger partial charge in [0.05, 0.1) is 0 Å². The Morgan fingerprint density at radius 1 is 0.969 bits per heavy atom. The van der Waals surface area contributed by atoms with E-state index in [2.05, 4.69) is 50.4 Å². The third-order valence-corrected chi connectivity index (χ3v) is 6.13. The van der Waals surface area contributed by atoms with Crippen LogP contribution >= 0.6 is 11.6 Å². The second-order valence-electron chi connectivity index (χ2n) is 9.59. The summed E-state index contributed by atoms with van der Waals surface area (Å²) in [6.07, 6.45) is 1.83. The third kappa shape index (κ3) is 7.67. The van der Waals surface area contributed by atoms with Crippen LogP contribution in [-0.2, 0) is 28.0 Å². The minimum Gasteiger partial charge on any atom is -0.352 e. The molecule has 0 aliphatic rings. The number of nitrogens with zero attached hydrogens (tertiary/aromatic N) is 1. The van der Waals surface area contributed by atoms with E-state index in [9.17, 15) is 9.59 Å². The van der Waals surface area contributed by atoms with Crippen LogP contribution in [0.5, 0.6) is 0 Å². The molecule has 4 nitrogen and oxygen atoms in total. The maximum Gasteiger partial charge on any atom is 0.242 e. The molecule has 0 spiro atoms. The second kappa shape index (κ2) is 11.5. The summed E-state index contributed by atoms with van der Waals surface area (Å²) in [5.41, 5.74) is 3.43. The van der Waals surface area contributed by atoms with Crippen molar-refractivity contribution in [2.24, 2.45) is 0 Å². The maximum atomic E-state index is 13.2. The molecule has 5 heteroatoms. The molecular weight excluding hydrogens is 420 g/mol. The van der Waals surface area contributed by atoms with Gasteiger partial charge in [0.1, 0.15) is 6.04 Å². The van der Waals surface area contributed by atoms with Gasteiger partial charge in [0, 0.05) is 24.0 Å². The summed E-state index contributed by atoms with van der Waals surface area (Å²) in [4.78, 5) is 27.7. The van der Waals surface area contributed by atoms with Gasteiger partial charge < -0.3 is 10.2 Å². The van der Waals surface area contributed by atoms with Crippen molar-refractivity contribution < 1.29 is 9.59 Å². The highest BCUT2D eigenvalue weighted by atomic mass is 35.5. The number of hydrogen-bond donors (Lipinski definition) is 1. The van der Waals surface area contributed by atoms with Crippen LogP contribution in [-0.4, -0.2) is 28.8 Å². The van der Waals surface area contributed by atoms with Crippen LogP contribution < -0.4 is 5.32 Å². The fourth-order valence-corrected chi connectivity index (χ4v) is 3.53. The average molecular weight is 457 g/mol. The molecule has 0 aliphatic heterocycles. The molecule has 2 atom stereocenters. The Bertz CT molecular complexity index is 885. The Morgan fingerprint density at radius 2 is 1.53 bits per heavy atom. The predicted molar refractivity (Wildman–Crippen MR) is 133 cm³/mol. The van der Waals surface area contributed by atoms with E-state index < -0.39 is 6.04 Å². The van der Waals surface area contributed by atoms with Crippen molar-refractivity contribution in [3.63, 3.8) is 0 Å². The lowest BCUT2D eigenvalue weighted by Crippen LogP contribution is -2.49. The number of aryl methyl sites for hydroxylation is 1. The van der Waals surface area contributed by atoms with Crippen LogP contribution in [0.25, 0.3) is 0 Å². The minimum atomic E-state index is -0.560. The van der Waals surface area contributed by atoms with Crippen LogP contribution in [0.15, 0.2) is 48.5 Å². The van der Waals surface area contributed by atoms with Crippen LogP contribution in [0.2, 0.25) is 5.02 Å². The van der Waals surface area contributed by atoms with Crippen molar-refractivity contribution in [3.8, 4) is 0 Å². The van der Waals surface area contributed by atoms with Gasteiger partial charge in [-0.2, -0.15) is 0 Å². The van der Waals surface area contributed by atoms with E-state index in [-0.39, 0.29) is 23.3 Å². The SMILES string of the molecule is CC[C@@H](C)NC(=O)[C@@H](C)N(Cc1ccc(Cl)cc1)C(=O)CCc1ccc(C(C)(C)C)cc1. The fraction of sp³-hybridized carbons (Fsp3) is 0.481. The van der Waals surface area contributed by atoms with Gasteiger partial charge in [-0.1, -0.05) is 75.7 Å². The van der Waals surface area contributed by atoms with Crippen molar-refractivity contribution in [2.75, 3.05) is 0 Å². The summed E-state index contributed by atoms with van der Waals surface area (Å²) >= 11 is 6.01. The van der Waals surface area contributed by atoms with Crippen molar-refractivity contribution in [3.05, 3.63) is 70.2 Å². The number of halogens is 1. The summed E-state index contributed by atoms with van der Waals surface area (Å²) in [5, 5.41) is 3.65. The van der Waals surface area contributed by atoms with Crippen molar-refractivity contribution in [2.45, 2.75) is 84.8 Å². The molecule has 0 aromatic heterocycles. The maximum absolute atomic E-state index is 13.2. The Morgan fingerprint density at radius 3 is 2.06 bits per heavy atom. The van der Waals surface area contributed by atoms with E-state index in [0.29, 0.717) is 24.4 Å². The monoisotopic (exact) mass is 456 g/mol. The van der Waals surface area contributed by atoms with Gasteiger partial charge in [-0.05, 0) is 60.9 Å². The highest BCUT2D eigenvalue weighted by Gasteiger charge is 2.26. The zero-order valence-corrected chi connectivity index (χ0v) is 21.0. The lowest BCUT2D eigenvalue weighted by molar-refractivity contribution is -0.140. The van der Waals surface area contributed by atoms with Gasteiger partial charge in [0.15, 0.2) is 0 Å². The normalized spacial score (nSPS) is 13.3. The first-order chi connectivity index (χ1) is 15.0. The van der Waals surface area contributed by atoms with E-state index in [4.69, 9.17) is 11.6 Å². The molecule has 0 bridgehead atoms. The van der Waals surface area contributed by atoms with Crippen molar-refractivity contribution in [1.29, 1.82) is 0 Å². The molecular formula is C27H37ClN2O2. The van der Waals surface area contributed by atoms with Crippen LogP contribution in [0, 0.1) is 0 Å². The Balaban J connectivity index is 2.13. The summed E-state index contributed by atoms with van der Waals surface area (Å²) in [6, 6.07) is 15.4. The zero-order chi connectivity index (χ0) is 23.9. The molecule has 0 saturated heterocycles. The highest BCUT2D eigenvalue weighted by Crippen LogP contribution is 2.23. The van der Waals surface area contributed by atoms with Crippen LogP contribution in [0.4, 0.5) is 0 Å². The smallest absolute Gasteiger partial charge is 0.242 e. The first-order valence-electron chi connectivity index (χ1n) is 11.4. The molecule has 2 aromatic carbocycles. The quantitative estimate of drug-likeness (QED) is 0.510. The van der Waals surface area contributed by atoms with E-state index in [1.807, 2.05) is 26.0 Å². The number of carbonyl (C=O) groups is 2. The molecule has 2 aromatic rings. The van der Waals surface area contributed by atoms with Crippen LogP contribution in [0.1, 0.15) is 71.1 Å². The second-order valence-corrected chi connectivity index (χ2v) is 10.0. The Hall–Kier alpha value is -2.33. The van der Waals surface area contributed by atoms with E-state index >= 15 is 0 Å². The van der Waals surface area contributed by atoms with E-state index in [1.165, 1.54) is 5.56 Å². The first-order valence-corrected chi connectivity index (χ1v) is 11.8. The summed E-state index contributed by atoms with van der Waals surface area (Å²) < 4.78 is 0. The molecule has 0 heterocycles. The molecule has 0 aliphatic carbocycles. The topological polar surface area (TPSA) is 49.4 Å². The Kier molecular flexibility index (Phi) is 9.33. The van der Waals surface area contributed by atoms with E-state index in [0.717, 1.165) is 17.5 Å². The van der Waals surface area contributed by atoms with Gasteiger partial charge in [-0.25, -0.2) is 0 Å². The van der Waals surface area contributed by atoms with Gasteiger partial charge in [-0.15, -0.1) is 0 Å². The Labute approximate surface area is 198 Å². The number of benzene rings is 2. The third-order valence-electron chi connectivity index (χ3n) is 5.88. The number of hydrogen-bond acceptors (Lipinski definition) is 2. The summed E-state index contributed by atoms with van der Waals surface area (Å²) in [6.45, 7) is 12.7. The summed E-state index contributed by atoms with van der Waals surface area (Å²) in [5.74, 6) is -0.164. The molecule has 2 rings (SSSR count). The highest BCUT2D eigenvalue weighted by molar-refractivity contribution is 6.30. The largest absolute Gasteiger partial charge is 0.352 e. The number of rotatable bonds is 9. The van der Waals surface area contributed by atoms with Crippen LogP contribution in [0.3, 0.4) is 0 Å². The lowest BCUT2D eigenvalue weighted by Gasteiger charge is -2.30. The first kappa shape index (κ1) is 25.9. The predicted octanol–water partition coefficient (Wildman–Crippen LogP) is 5.90. The van der Waals surface area contributed by atoms with E-state index in [1.54, 1.807) is 24.0 Å². The molecule has 1 N–H and O–H groups in total. The lowest BCUT2D eigenvalue weighted by atomic mass is 9.86. The molecule has 0 saturated carbocycles. The number of nitrogens with one attached hydrogen (secondary N) is 1. The fourth-order valence-electron chi connectivity index (χ4n) is 3.40. The molecule has 0 fully saturated rings. The van der Waals surface area contributed by atoms with Crippen molar-refractivity contribution in [1.82, 2.24) is 10.2 Å². The number of carbonyl (C=O) groups excluding carboxylic acids is 2.